The van der Waals surface area contributed by atoms with Gasteiger partial charge in [0.2, 0.25) is 5.91 Å². The van der Waals surface area contributed by atoms with Crippen molar-refractivity contribution in [2.75, 3.05) is 13.2 Å². The lowest BCUT2D eigenvalue weighted by Crippen LogP contribution is -2.59. The van der Waals surface area contributed by atoms with Gasteiger partial charge in [-0.25, -0.2) is 9.59 Å². The molecule has 0 radical (unpaired) electrons. The predicted molar refractivity (Wildman–Crippen MR) is 118 cm³/mol. The monoisotopic (exact) mass is 440 g/mol. The Morgan fingerprint density at radius 2 is 1.62 bits per heavy atom. The minimum absolute atomic E-state index is 0.101. The fourth-order valence-electron chi connectivity index (χ4n) is 3.87. The summed E-state index contributed by atoms with van der Waals surface area (Å²) >= 11 is 0. The molecule has 2 aromatic carbocycles. The molecule has 1 aliphatic rings. The molecule has 1 unspecified atom stereocenters. The van der Waals surface area contributed by atoms with E-state index in [2.05, 4.69) is 10.6 Å². The molecule has 0 spiro atoms. The Kier molecular flexibility index (Phi) is 7.15. The third kappa shape index (κ3) is 4.75. The lowest BCUT2D eigenvalue weighted by atomic mass is 9.97. The highest BCUT2D eigenvalue weighted by atomic mass is 16.5. The van der Waals surface area contributed by atoms with Gasteiger partial charge in [0.25, 0.3) is 0 Å². The normalized spacial score (nSPS) is 15.1. The van der Waals surface area contributed by atoms with Crippen molar-refractivity contribution in [1.82, 2.24) is 10.6 Å². The molecule has 8 heteroatoms. The smallest absolute Gasteiger partial charge is 0.408 e. The third-order valence-corrected chi connectivity index (χ3v) is 5.95. The van der Waals surface area contributed by atoms with Gasteiger partial charge in [-0.2, -0.15) is 0 Å². The Hall–Kier alpha value is -3.39. The number of aliphatic hydroxyl groups is 1. The molecule has 0 aromatic heterocycles. The molecule has 2 aromatic rings. The second-order valence-corrected chi connectivity index (χ2v) is 8.01. The molecule has 8 nitrogen and oxygen atoms in total. The van der Waals surface area contributed by atoms with E-state index in [4.69, 9.17) is 9.84 Å². The van der Waals surface area contributed by atoms with Crippen molar-refractivity contribution in [1.29, 1.82) is 0 Å². The molecule has 0 saturated carbocycles. The quantitative estimate of drug-likeness (QED) is 0.475. The van der Waals surface area contributed by atoms with Gasteiger partial charge in [0, 0.05) is 18.9 Å². The van der Waals surface area contributed by atoms with Crippen molar-refractivity contribution < 1.29 is 29.3 Å². The lowest BCUT2D eigenvalue weighted by molar-refractivity contribution is -0.143. The van der Waals surface area contributed by atoms with Crippen molar-refractivity contribution in [3.63, 3.8) is 0 Å². The molecule has 0 bridgehead atoms. The van der Waals surface area contributed by atoms with Gasteiger partial charge in [-0.1, -0.05) is 55.5 Å². The second kappa shape index (κ2) is 9.82. The molecule has 4 N–H and O–H groups in total. The maximum Gasteiger partial charge on any atom is 0.408 e. The highest BCUT2D eigenvalue weighted by Gasteiger charge is 2.36. The van der Waals surface area contributed by atoms with Crippen LogP contribution in [0.25, 0.3) is 11.1 Å². The van der Waals surface area contributed by atoms with Crippen molar-refractivity contribution in [3.05, 3.63) is 59.7 Å². The van der Waals surface area contributed by atoms with Gasteiger partial charge in [-0.05, 0) is 35.6 Å². The van der Waals surface area contributed by atoms with Gasteiger partial charge in [-0.15, -0.1) is 0 Å². The van der Waals surface area contributed by atoms with Gasteiger partial charge in [0.15, 0.2) is 0 Å². The van der Waals surface area contributed by atoms with Gasteiger partial charge in [0.1, 0.15) is 18.2 Å². The van der Waals surface area contributed by atoms with Crippen LogP contribution in [0.4, 0.5) is 4.79 Å². The number of fused-ring (bicyclic) bond motifs is 3. The van der Waals surface area contributed by atoms with Crippen LogP contribution in [0.1, 0.15) is 43.7 Å². The molecule has 32 heavy (non-hydrogen) atoms. The van der Waals surface area contributed by atoms with Crippen LogP contribution in [0.15, 0.2) is 48.5 Å². The number of carbonyl (C=O) groups is 3. The summed E-state index contributed by atoms with van der Waals surface area (Å²) in [5, 5.41) is 23.2. The summed E-state index contributed by atoms with van der Waals surface area (Å²) in [6, 6.07) is 14.7. The third-order valence-electron chi connectivity index (χ3n) is 5.95. The Labute approximate surface area is 186 Å². The number of alkyl carbamates (subject to hydrolysis) is 1. The number of aliphatic carboxylic acids is 1. The van der Waals surface area contributed by atoms with E-state index in [0.29, 0.717) is 0 Å². The zero-order valence-corrected chi connectivity index (χ0v) is 18.1. The first-order chi connectivity index (χ1) is 15.3. The SMILES string of the molecule is CCC(C)(NC(=O)OCC1c2ccccc2-c2ccccc21)C(=O)N[C@@H](CCO)C(=O)O. The van der Waals surface area contributed by atoms with Crippen LogP contribution < -0.4 is 10.6 Å². The molecule has 0 heterocycles. The van der Waals surface area contributed by atoms with E-state index >= 15 is 0 Å². The van der Waals surface area contributed by atoms with E-state index in [0.717, 1.165) is 22.3 Å². The van der Waals surface area contributed by atoms with E-state index in [-0.39, 0.29) is 32.0 Å². The average Bonchev–Trinajstić information content (AvgIpc) is 3.11. The van der Waals surface area contributed by atoms with Crippen molar-refractivity contribution in [2.24, 2.45) is 0 Å². The first kappa shape index (κ1) is 23.3. The highest BCUT2D eigenvalue weighted by molar-refractivity contribution is 5.92. The molecule has 170 valence electrons. The summed E-state index contributed by atoms with van der Waals surface area (Å²) in [7, 11) is 0. The van der Waals surface area contributed by atoms with Gasteiger partial charge < -0.3 is 25.6 Å². The van der Waals surface area contributed by atoms with Crippen LogP contribution in [-0.4, -0.2) is 53.0 Å². The van der Waals surface area contributed by atoms with E-state index < -0.39 is 29.6 Å². The Morgan fingerprint density at radius 1 is 1.06 bits per heavy atom. The predicted octanol–water partition coefficient (Wildman–Crippen LogP) is 2.65. The van der Waals surface area contributed by atoms with E-state index in [1.807, 2.05) is 48.5 Å². The minimum Gasteiger partial charge on any atom is -0.480 e. The molecule has 1 aliphatic carbocycles. The zero-order valence-electron chi connectivity index (χ0n) is 18.1. The number of carboxylic acid groups (broad SMARTS) is 1. The standard InChI is InChI=1S/C24H28N2O6/c1-3-24(2,22(30)25-20(12-13-27)21(28)29)26-23(31)32-14-19-17-10-6-4-8-15(17)16-9-5-7-11-18(16)19/h4-11,19-20,27H,3,12-14H2,1-2H3,(H,25,30)(H,26,31)(H,28,29)/t20-,24?/m0/s1. The minimum atomic E-state index is -1.37. The summed E-state index contributed by atoms with van der Waals surface area (Å²) in [6.07, 6.45) is -0.680. The molecular weight excluding hydrogens is 412 g/mol. The number of nitrogens with one attached hydrogen (secondary N) is 2. The van der Waals surface area contributed by atoms with E-state index in [9.17, 15) is 19.5 Å². The zero-order chi connectivity index (χ0) is 23.3. The van der Waals surface area contributed by atoms with Crippen LogP contribution >= 0.6 is 0 Å². The number of hydrogen-bond donors (Lipinski definition) is 4. The van der Waals surface area contributed by atoms with Crippen LogP contribution in [-0.2, 0) is 14.3 Å². The summed E-state index contributed by atoms with van der Waals surface area (Å²) < 4.78 is 5.50. The number of carbonyl (C=O) groups excluding carboxylic acids is 2. The van der Waals surface area contributed by atoms with Crippen molar-refractivity contribution >= 4 is 18.0 Å². The number of ether oxygens (including phenoxy) is 1. The second-order valence-electron chi connectivity index (χ2n) is 8.01. The molecule has 2 amide bonds. The molecule has 0 saturated heterocycles. The fourth-order valence-corrected chi connectivity index (χ4v) is 3.87. The first-order valence-electron chi connectivity index (χ1n) is 10.6. The summed E-state index contributed by atoms with van der Waals surface area (Å²) in [6.45, 7) is 2.91. The van der Waals surface area contributed by atoms with Crippen molar-refractivity contribution in [3.8, 4) is 11.1 Å². The fraction of sp³-hybridized carbons (Fsp3) is 0.375. The van der Waals surface area contributed by atoms with Crippen LogP contribution in [0, 0.1) is 0 Å². The number of amides is 2. The number of hydrogen-bond acceptors (Lipinski definition) is 5. The Balaban J connectivity index is 1.67. The van der Waals surface area contributed by atoms with E-state index in [1.165, 1.54) is 6.92 Å². The highest BCUT2D eigenvalue weighted by Crippen LogP contribution is 2.44. The van der Waals surface area contributed by atoms with Gasteiger partial charge in [-0.3, -0.25) is 4.79 Å². The molecular formula is C24H28N2O6. The topological polar surface area (TPSA) is 125 Å². The Morgan fingerprint density at radius 3 is 2.12 bits per heavy atom. The van der Waals surface area contributed by atoms with Gasteiger partial charge >= 0.3 is 12.1 Å². The number of benzene rings is 2. The maximum atomic E-state index is 12.7. The molecule has 0 fully saturated rings. The molecule has 2 atom stereocenters. The number of rotatable bonds is 9. The van der Waals surface area contributed by atoms with Gasteiger partial charge in [0.05, 0.1) is 0 Å². The maximum absolute atomic E-state index is 12.7. The lowest BCUT2D eigenvalue weighted by Gasteiger charge is -2.29. The van der Waals surface area contributed by atoms with Crippen LogP contribution in [0.3, 0.4) is 0 Å². The molecule has 3 rings (SSSR count). The largest absolute Gasteiger partial charge is 0.480 e. The van der Waals surface area contributed by atoms with Crippen LogP contribution in [0.2, 0.25) is 0 Å². The van der Waals surface area contributed by atoms with Crippen LogP contribution in [0.5, 0.6) is 0 Å². The molecule has 0 aliphatic heterocycles. The average molecular weight is 440 g/mol. The summed E-state index contributed by atoms with van der Waals surface area (Å²) in [5.41, 5.74) is 3.00. The van der Waals surface area contributed by atoms with E-state index in [1.54, 1.807) is 6.92 Å². The van der Waals surface area contributed by atoms with Crippen molar-refractivity contribution in [2.45, 2.75) is 44.2 Å². The summed E-state index contributed by atoms with van der Waals surface area (Å²) in [5.74, 6) is -2.03. The Bertz CT molecular complexity index is 962. The summed E-state index contributed by atoms with van der Waals surface area (Å²) in [4.78, 5) is 36.5. The number of aliphatic hydroxyl groups excluding tert-OH is 1. The number of carboxylic acids is 1. The first-order valence-corrected chi connectivity index (χ1v) is 10.6.